The summed E-state index contributed by atoms with van der Waals surface area (Å²) in [5.74, 6) is 5.96. The Kier molecular flexibility index (Phi) is 15.4. The van der Waals surface area contributed by atoms with Crippen molar-refractivity contribution in [3.63, 3.8) is 0 Å². The van der Waals surface area contributed by atoms with Crippen molar-refractivity contribution < 1.29 is 56.1 Å². The largest absolute Gasteiger partial charge is 1.00 e. The van der Waals surface area contributed by atoms with Crippen molar-refractivity contribution >= 4 is 8.07 Å². The number of pyridine rings is 6. The average Bonchev–Trinajstić information content (AvgIpc) is 3.27. The molecule has 6 heterocycles. The molecule has 2 aromatic carbocycles. The molecule has 6 nitrogen and oxygen atoms in total. The topological polar surface area (TPSA) is 77.3 Å². The molecule has 0 aliphatic rings. The molecule has 0 saturated carbocycles. The van der Waals surface area contributed by atoms with Gasteiger partial charge in [0.05, 0.1) is 45.6 Å². The van der Waals surface area contributed by atoms with Gasteiger partial charge in [0.15, 0.2) is 0 Å². The van der Waals surface area contributed by atoms with Crippen molar-refractivity contribution in [2.75, 3.05) is 0 Å². The van der Waals surface area contributed by atoms with E-state index in [1.165, 1.54) is 0 Å². The smallest absolute Gasteiger partial charge is 1.00 e. The third kappa shape index (κ3) is 11.7. The molecular weight excluding hydrogens is 759 g/mol. The fourth-order valence-corrected chi connectivity index (χ4v) is 6.26. The molecule has 0 unspecified atom stereocenters. The molecule has 0 N–H and O–H groups in total. The molecule has 9 heteroatoms. The predicted octanol–water partition coefficient (Wildman–Crippen LogP) is 4.96. The van der Waals surface area contributed by atoms with E-state index in [-0.39, 0.29) is 56.1 Å². The molecule has 0 radical (unpaired) electrons. The van der Waals surface area contributed by atoms with Gasteiger partial charge in [-0.3, -0.25) is 19.9 Å². The van der Waals surface area contributed by atoms with Gasteiger partial charge in [0, 0.05) is 35.9 Å². The van der Waals surface area contributed by atoms with Crippen LogP contribution >= 0.6 is 0 Å². The summed E-state index contributed by atoms with van der Waals surface area (Å²) >= 11 is 0. The molecule has 0 spiro atoms. The minimum atomic E-state index is -1.39. The summed E-state index contributed by atoms with van der Waals surface area (Å²) in [6.07, 6.45) is 12.6. The maximum atomic E-state index is 5.46. The van der Waals surface area contributed by atoms with Crippen LogP contribution in [0.25, 0.3) is 67.8 Å². The van der Waals surface area contributed by atoms with Gasteiger partial charge < -0.3 is 4.70 Å². The van der Waals surface area contributed by atoms with Gasteiger partial charge in [-0.05, 0) is 119 Å². The zero-order valence-corrected chi connectivity index (χ0v) is 36.9. The molecule has 0 amide bonds. The summed E-state index contributed by atoms with van der Waals surface area (Å²) in [5, 5.41) is 0. The van der Waals surface area contributed by atoms with E-state index in [1.54, 1.807) is 24.8 Å². The fourth-order valence-electron chi connectivity index (χ4n) is 5.74. The minimum Gasteiger partial charge on any atom is -1.00 e. The molecule has 0 bridgehead atoms. The molecule has 6 aromatic heterocycles. The summed E-state index contributed by atoms with van der Waals surface area (Å²) in [6.45, 7) is 6.76. The summed E-state index contributed by atoms with van der Waals surface area (Å²) in [6, 6.07) is 47.9. The maximum absolute atomic E-state index is 5.46. The first-order chi connectivity index (χ1) is 27.3. The van der Waals surface area contributed by atoms with E-state index in [9.17, 15) is 0 Å². The van der Waals surface area contributed by atoms with Crippen LogP contribution < -0.4 is 56.1 Å². The van der Waals surface area contributed by atoms with Gasteiger partial charge in [0.25, 0.3) is 0 Å². The van der Waals surface area contributed by atoms with Crippen LogP contribution in [0.1, 0.15) is 11.1 Å². The number of hydrogen-bond acceptors (Lipinski definition) is 6. The summed E-state index contributed by atoms with van der Waals surface area (Å²) in [4.78, 5) is 27.4. The summed E-state index contributed by atoms with van der Waals surface area (Å²) in [7, 11) is -1.39. The second-order valence-electron chi connectivity index (χ2n) is 13.9. The van der Waals surface area contributed by atoms with E-state index in [0.717, 1.165) is 78.9 Å². The number of terminal acetylenes is 1. The Morgan fingerprint density at radius 2 is 0.741 bits per heavy atom. The van der Waals surface area contributed by atoms with Crippen molar-refractivity contribution in [1.29, 1.82) is 0 Å². The molecular formula is C49H38FKN6Si. The second kappa shape index (κ2) is 20.6. The van der Waals surface area contributed by atoms with E-state index in [2.05, 4.69) is 93.4 Å². The van der Waals surface area contributed by atoms with Crippen molar-refractivity contribution in [2.45, 2.75) is 19.6 Å². The fraction of sp³-hybridized carbons (Fsp3) is 0.0612. The van der Waals surface area contributed by atoms with Crippen LogP contribution in [0.15, 0.2) is 170 Å². The molecule has 58 heavy (non-hydrogen) atoms. The first-order valence-corrected chi connectivity index (χ1v) is 21.7. The molecule has 0 fully saturated rings. The average molecular weight is 797 g/mol. The third-order valence-electron chi connectivity index (χ3n) is 8.54. The van der Waals surface area contributed by atoms with Gasteiger partial charge in [-0.1, -0.05) is 80.0 Å². The van der Waals surface area contributed by atoms with Crippen molar-refractivity contribution in [3.8, 4) is 91.6 Å². The van der Waals surface area contributed by atoms with Gasteiger partial charge >= 0.3 is 51.4 Å². The summed E-state index contributed by atoms with van der Waals surface area (Å²) in [5.41, 5.74) is 16.3. The predicted molar refractivity (Wildman–Crippen MR) is 230 cm³/mol. The van der Waals surface area contributed by atoms with Crippen LogP contribution in [0.3, 0.4) is 0 Å². The molecule has 276 valence electrons. The zero-order valence-electron chi connectivity index (χ0n) is 32.8. The summed E-state index contributed by atoms with van der Waals surface area (Å²) < 4.78 is 0. The van der Waals surface area contributed by atoms with Crippen molar-refractivity contribution in [1.82, 2.24) is 29.9 Å². The molecule has 0 saturated heterocycles. The molecule has 0 atom stereocenters. The van der Waals surface area contributed by atoms with Gasteiger partial charge in [0.1, 0.15) is 8.07 Å². The maximum Gasteiger partial charge on any atom is 1.00 e. The zero-order chi connectivity index (χ0) is 38.7. The Bertz CT molecular complexity index is 2540. The van der Waals surface area contributed by atoms with Gasteiger partial charge in [-0.2, -0.15) is 0 Å². The first kappa shape index (κ1) is 43.4. The molecule has 0 aliphatic heterocycles. The number of halogens is 1. The Balaban J connectivity index is 0.000000215. The van der Waals surface area contributed by atoms with Crippen LogP contribution in [0.2, 0.25) is 19.6 Å². The van der Waals surface area contributed by atoms with Crippen LogP contribution in [-0.4, -0.2) is 38.0 Å². The van der Waals surface area contributed by atoms with Crippen LogP contribution in [0.5, 0.6) is 0 Å². The van der Waals surface area contributed by atoms with Crippen LogP contribution in [0, 0.1) is 23.8 Å². The number of rotatable bonds is 6. The monoisotopic (exact) mass is 796 g/mol. The molecule has 8 rings (SSSR count). The van der Waals surface area contributed by atoms with E-state index in [1.807, 2.05) is 109 Å². The van der Waals surface area contributed by atoms with Crippen molar-refractivity contribution in [3.05, 3.63) is 182 Å². The SMILES string of the molecule is C#Cc1ccc(-c2cc(-c3ccccn3)nc(-c3ccccn3)c2)cc1.C[Si](C)(C)C#Cc1ccc(-c2cc(-c3ccccn3)nc(-c3ccccn3)c2)cc1.[F-].[K+]. The number of aromatic nitrogens is 6. The van der Waals surface area contributed by atoms with Crippen molar-refractivity contribution in [2.24, 2.45) is 0 Å². The minimum absolute atomic E-state index is 0. The Morgan fingerprint density at radius 3 is 1.02 bits per heavy atom. The van der Waals surface area contributed by atoms with E-state index >= 15 is 0 Å². The molecule has 8 aromatic rings. The Labute approximate surface area is 383 Å². The molecule has 0 aliphatic carbocycles. The van der Waals surface area contributed by atoms with E-state index in [4.69, 9.17) is 16.4 Å². The van der Waals surface area contributed by atoms with Gasteiger partial charge in [-0.15, -0.1) is 12.0 Å². The number of hydrogen-bond donors (Lipinski definition) is 0. The number of benzene rings is 2. The third-order valence-corrected chi connectivity index (χ3v) is 9.42. The Hall–Kier alpha value is -5.76. The first-order valence-electron chi connectivity index (χ1n) is 18.2. The van der Waals surface area contributed by atoms with Gasteiger partial charge in [0.2, 0.25) is 0 Å². The standard InChI is InChI=1S/C26H23N3Si.C23H15N3.FH.K/c1-30(2,3)17-14-20-10-12-21(13-11-20)22-18-25(23-8-4-6-15-27-23)29-26(19-22)24-9-5-7-16-28-24;1-2-17-9-11-18(12-10-17)19-15-22(20-7-3-5-13-24-20)26-23(16-19)21-8-4-6-14-25-21;;/h4-13,15-16,18-19H,1-3H3;1,3-16H;1H;/q;;;+1/p-1. The Morgan fingerprint density at radius 1 is 0.414 bits per heavy atom. The normalized spacial score (nSPS) is 10.2. The van der Waals surface area contributed by atoms with Crippen LogP contribution in [0.4, 0.5) is 0 Å². The quantitative estimate of drug-likeness (QED) is 0.175. The van der Waals surface area contributed by atoms with Gasteiger partial charge in [-0.25, -0.2) is 9.97 Å². The van der Waals surface area contributed by atoms with E-state index < -0.39 is 8.07 Å². The van der Waals surface area contributed by atoms with E-state index in [0.29, 0.717) is 0 Å². The van der Waals surface area contributed by atoms with Crippen LogP contribution in [-0.2, 0) is 0 Å². The second-order valence-corrected chi connectivity index (χ2v) is 18.7. The number of nitrogens with zero attached hydrogens (tertiary/aromatic N) is 6.